The summed E-state index contributed by atoms with van der Waals surface area (Å²) in [5, 5.41) is 0. The third-order valence-electron chi connectivity index (χ3n) is 1.95. The zero-order valence-corrected chi connectivity index (χ0v) is 9.80. The van der Waals surface area contributed by atoms with Gasteiger partial charge in [-0.2, -0.15) is 0 Å². The molecular weight excluding hydrogens is 210 g/mol. The summed E-state index contributed by atoms with van der Waals surface area (Å²) < 4.78 is 24.7. The summed E-state index contributed by atoms with van der Waals surface area (Å²) in [4.78, 5) is 0.262. The van der Waals surface area contributed by atoms with Crippen LogP contribution < -0.4 is 0 Å². The summed E-state index contributed by atoms with van der Waals surface area (Å²) in [6.07, 6.45) is 0. The molecule has 0 atom stereocenters. The molecule has 0 saturated carbocycles. The molecule has 0 aliphatic rings. The second kappa shape index (κ2) is 4.37. The molecule has 3 nitrogen and oxygen atoms in total. The fraction of sp³-hybridized carbons (Fsp3) is 0.273. The van der Waals surface area contributed by atoms with E-state index in [9.17, 15) is 8.42 Å². The highest BCUT2D eigenvalue weighted by molar-refractivity contribution is 7.89. The largest absolute Gasteiger partial charge is 0.270 e. The van der Waals surface area contributed by atoms with Gasteiger partial charge in [0.15, 0.2) is 0 Å². The average molecular weight is 223 g/mol. The van der Waals surface area contributed by atoms with Crippen LogP contribution in [0.1, 0.15) is 12.5 Å². The van der Waals surface area contributed by atoms with Crippen LogP contribution in [0.5, 0.6) is 0 Å². The van der Waals surface area contributed by atoms with E-state index in [0.29, 0.717) is 0 Å². The van der Waals surface area contributed by atoms with Gasteiger partial charge in [0.25, 0.3) is 10.0 Å². The lowest BCUT2D eigenvalue weighted by molar-refractivity contribution is 0.547. The van der Waals surface area contributed by atoms with Crippen molar-refractivity contribution in [3.8, 4) is 12.0 Å². The molecule has 0 radical (unpaired) electrons. The number of benzene rings is 1. The molecule has 0 N–H and O–H groups in total. The molecule has 1 rings (SSSR count). The van der Waals surface area contributed by atoms with Gasteiger partial charge in [0.2, 0.25) is 0 Å². The molecule has 0 bridgehead atoms. The maximum Gasteiger partial charge on any atom is 0.270 e. The molecule has 4 heteroatoms. The first kappa shape index (κ1) is 11.6. The van der Waals surface area contributed by atoms with Gasteiger partial charge in [-0.1, -0.05) is 23.6 Å². The molecule has 0 aliphatic heterocycles. The molecule has 0 unspecified atom stereocenters. The second-order valence-electron chi connectivity index (χ2n) is 3.15. The number of rotatable bonds is 2. The highest BCUT2D eigenvalue weighted by Crippen LogP contribution is 2.13. The van der Waals surface area contributed by atoms with Crippen LogP contribution in [0.15, 0.2) is 29.2 Å². The molecule has 1 aromatic carbocycles. The smallest absolute Gasteiger partial charge is 0.228 e. The normalized spacial score (nSPS) is 10.3. The lowest BCUT2D eigenvalue weighted by atomic mass is 10.2. The van der Waals surface area contributed by atoms with E-state index >= 15 is 0 Å². The van der Waals surface area contributed by atoms with Crippen molar-refractivity contribution in [3.05, 3.63) is 29.8 Å². The summed E-state index contributed by atoms with van der Waals surface area (Å²) in [7, 11) is -2.02. The summed E-state index contributed by atoms with van der Waals surface area (Å²) in [5.41, 5.74) is 1.03. The Bertz CT molecular complexity index is 492. The van der Waals surface area contributed by atoms with Crippen LogP contribution in [0, 0.1) is 18.9 Å². The van der Waals surface area contributed by atoms with Crippen molar-refractivity contribution in [2.24, 2.45) is 0 Å². The van der Waals surface area contributed by atoms with Crippen LogP contribution in [-0.4, -0.2) is 19.8 Å². The number of sulfonamides is 1. The minimum Gasteiger partial charge on any atom is -0.228 e. The first-order chi connectivity index (χ1) is 6.98. The summed E-state index contributed by atoms with van der Waals surface area (Å²) in [6.45, 7) is 3.51. The van der Waals surface area contributed by atoms with Gasteiger partial charge < -0.3 is 0 Å². The average Bonchev–Trinajstić information content (AvgIpc) is 2.18. The molecule has 0 aliphatic carbocycles. The summed E-state index contributed by atoms with van der Waals surface area (Å²) in [5.74, 6) is 2.55. The van der Waals surface area contributed by atoms with Crippen LogP contribution in [0.2, 0.25) is 0 Å². The van der Waals surface area contributed by atoms with Crippen molar-refractivity contribution < 1.29 is 8.42 Å². The van der Waals surface area contributed by atoms with E-state index in [1.165, 1.54) is 7.05 Å². The van der Waals surface area contributed by atoms with Crippen LogP contribution in [-0.2, 0) is 10.0 Å². The second-order valence-corrected chi connectivity index (χ2v) is 5.12. The van der Waals surface area contributed by atoms with Crippen molar-refractivity contribution in [1.82, 2.24) is 4.31 Å². The standard InChI is InChI=1S/C11H13NO2S/c1-4-9-12(3)15(13,14)11-7-5-10(2)6-8-11/h5-8H,1-3H3. The molecule has 0 spiro atoms. The van der Waals surface area contributed by atoms with E-state index < -0.39 is 10.0 Å². The summed E-state index contributed by atoms with van der Waals surface area (Å²) in [6, 6.07) is 9.19. The van der Waals surface area contributed by atoms with E-state index in [0.717, 1.165) is 9.87 Å². The van der Waals surface area contributed by atoms with E-state index in [-0.39, 0.29) is 4.90 Å². The van der Waals surface area contributed by atoms with Gasteiger partial charge in [-0.3, -0.25) is 0 Å². The fourth-order valence-electron chi connectivity index (χ4n) is 1.09. The van der Waals surface area contributed by atoms with E-state index in [2.05, 4.69) is 12.0 Å². The first-order valence-electron chi connectivity index (χ1n) is 4.46. The molecule has 0 aromatic heterocycles. The van der Waals surface area contributed by atoms with Crippen molar-refractivity contribution in [3.63, 3.8) is 0 Å². The van der Waals surface area contributed by atoms with Gasteiger partial charge in [0.1, 0.15) is 0 Å². The lowest BCUT2D eigenvalue weighted by Gasteiger charge is -2.11. The van der Waals surface area contributed by atoms with Gasteiger partial charge in [0, 0.05) is 13.1 Å². The van der Waals surface area contributed by atoms with E-state index in [4.69, 9.17) is 0 Å². The third kappa shape index (κ3) is 2.51. The predicted octanol–water partition coefficient (Wildman–Crippen LogP) is 1.60. The van der Waals surface area contributed by atoms with Crippen molar-refractivity contribution in [2.75, 3.05) is 7.05 Å². The van der Waals surface area contributed by atoms with E-state index in [1.807, 2.05) is 6.92 Å². The Hall–Kier alpha value is -1.47. The molecular formula is C11H13NO2S. The molecule has 0 saturated heterocycles. The summed E-state index contributed by atoms with van der Waals surface area (Å²) >= 11 is 0. The fourth-order valence-corrected chi connectivity index (χ4v) is 2.09. The van der Waals surface area contributed by atoms with Crippen LogP contribution in [0.4, 0.5) is 0 Å². The van der Waals surface area contributed by atoms with Crippen molar-refractivity contribution >= 4 is 10.0 Å². The molecule has 15 heavy (non-hydrogen) atoms. The maximum atomic E-state index is 11.9. The molecule has 80 valence electrons. The van der Waals surface area contributed by atoms with Gasteiger partial charge >= 0.3 is 0 Å². The van der Waals surface area contributed by atoms with Gasteiger partial charge in [0.05, 0.1) is 4.90 Å². The Balaban J connectivity index is 3.15. The number of aryl methyl sites for hydroxylation is 1. The monoisotopic (exact) mass is 223 g/mol. The Morgan fingerprint density at radius 1 is 1.20 bits per heavy atom. The van der Waals surface area contributed by atoms with Gasteiger partial charge in [-0.25, -0.2) is 12.7 Å². The minimum atomic E-state index is -3.46. The third-order valence-corrected chi connectivity index (χ3v) is 3.63. The van der Waals surface area contributed by atoms with E-state index in [1.54, 1.807) is 31.2 Å². The topological polar surface area (TPSA) is 37.4 Å². The maximum absolute atomic E-state index is 11.9. The van der Waals surface area contributed by atoms with Gasteiger partial charge in [-0.15, -0.1) is 0 Å². The van der Waals surface area contributed by atoms with Crippen molar-refractivity contribution in [1.29, 1.82) is 0 Å². The molecule has 1 aromatic rings. The van der Waals surface area contributed by atoms with Crippen LogP contribution in [0.3, 0.4) is 0 Å². The van der Waals surface area contributed by atoms with Crippen LogP contribution in [0.25, 0.3) is 0 Å². The molecule has 0 fully saturated rings. The minimum absolute atomic E-state index is 0.262. The molecule has 0 amide bonds. The Morgan fingerprint density at radius 2 is 1.73 bits per heavy atom. The predicted molar refractivity (Wildman–Crippen MR) is 59.6 cm³/mol. The highest BCUT2D eigenvalue weighted by Gasteiger charge is 2.17. The Kier molecular flexibility index (Phi) is 3.38. The number of hydrogen-bond acceptors (Lipinski definition) is 2. The first-order valence-corrected chi connectivity index (χ1v) is 5.90. The zero-order chi connectivity index (χ0) is 11.5. The number of nitrogens with zero attached hydrogens (tertiary/aromatic N) is 1. The SMILES string of the molecule is CC#CN(C)S(=O)(=O)c1ccc(C)cc1. The number of hydrogen-bond donors (Lipinski definition) is 0. The zero-order valence-electron chi connectivity index (χ0n) is 8.98. The lowest BCUT2D eigenvalue weighted by Crippen LogP contribution is -2.21. The Morgan fingerprint density at radius 3 is 2.20 bits per heavy atom. The van der Waals surface area contributed by atoms with Crippen LogP contribution >= 0.6 is 0 Å². The Labute approximate surface area is 90.8 Å². The quantitative estimate of drug-likeness (QED) is 0.564. The highest BCUT2D eigenvalue weighted by atomic mass is 32.2. The van der Waals surface area contributed by atoms with Crippen molar-refractivity contribution in [2.45, 2.75) is 18.7 Å². The van der Waals surface area contributed by atoms with Gasteiger partial charge in [-0.05, 0) is 26.0 Å². The molecule has 0 heterocycles.